The number of benzene rings is 2. The van der Waals surface area contributed by atoms with E-state index in [4.69, 9.17) is 28.8 Å². The Morgan fingerprint density at radius 2 is 1.41 bits per heavy atom. The standard InChI is InChI=1S/C15H16ClN5.ClH/c16-12-8-6-11(7-9-12)13(10-4-2-1-3-5-10)20-15(19)21-14(17)18;/h1-9,13H,(H6,17,18,19,20,21);1H. The highest BCUT2D eigenvalue weighted by Crippen LogP contribution is 2.27. The van der Waals surface area contributed by atoms with Gasteiger partial charge in [0, 0.05) is 5.02 Å². The molecule has 0 spiro atoms. The van der Waals surface area contributed by atoms with Crippen molar-refractivity contribution >= 4 is 35.9 Å². The highest BCUT2D eigenvalue weighted by Gasteiger charge is 2.13. The van der Waals surface area contributed by atoms with Gasteiger partial charge in [-0.3, -0.25) is 0 Å². The zero-order chi connectivity index (χ0) is 15.2. The van der Waals surface area contributed by atoms with Crippen molar-refractivity contribution in [2.45, 2.75) is 6.04 Å². The van der Waals surface area contributed by atoms with E-state index in [9.17, 15) is 0 Å². The highest BCUT2D eigenvalue weighted by atomic mass is 35.5. The first kappa shape index (κ1) is 17.8. The van der Waals surface area contributed by atoms with Gasteiger partial charge in [0.25, 0.3) is 0 Å². The van der Waals surface area contributed by atoms with Crippen molar-refractivity contribution < 1.29 is 0 Å². The van der Waals surface area contributed by atoms with Gasteiger partial charge in [-0.2, -0.15) is 4.99 Å². The Kier molecular flexibility index (Phi) is 6.69. The molecule has 1 atom stereocenters. The summed E-state index contributed by atoms with van der Waals surface area (Å²) >= 11 is 5.92. The van der Waals surface area contributed by atoms with Crippen LogP contribution in [-0.4, -0.2) is 11.9 Å². The van der Waals surface area contributed by atoms with Crippen LogP contribution in [0.5, 0.6) is 0 Å². The molecule has 7 heteroatoms. The molecule has 116 valence electrons. The van der Waals surface area contributed by atoms with Crippen molar-refractivity contribution in [2.75, 3.05) is 0 Å². The predicted octanol–water partition coefficient (Wildman–Crippen LogP) is 2.44. The smallest absolute Gasteiger partial charge is 0.219 e. The quantitative estimate of drug-likeness (QED) is 0.591. The molecule has 1 unspecified atom stereocenters. The zero-order valence-electron chi connectivity index (χ0n) is 11.7. The van der Waals surface area contributed by atoms with Crippen molar-refractivity contribution in [1.29, 1.82) is 0 Å². The number of nitrogens with two attached hydrogens (primary N) is 3. The summed E-state index contributed by atoms with van der Waals surface area (Å²) in [6.45, 7) is 0. The largest absolute Gasteiger partial charge is 0.370 e. The molecule has 0 amide bonds. The Balaban J connectivity index is 0.00000242. The van der Waals surface area contributed by atoms with Gasteiger partial charge in [-0.25, -0.2) is 4.99 Å². The van der Waals surface area contributed by atoms with E-state index in [1.54, 1.807) is 12.1 Å². The third kappa shape index (κ3) is 4.95. The second-order valence-corrected chi connectivity index (χ2v) is 4.83. The van der Waals surface area contributed by atoms with Gasteiger partial charge in [0.05, 0.1) is 0 Å². The van der Waals surface area contributed by atoms with Crippen LogP contribution in [0.15, 0.2) is 64.6 Å². The second-order valence-electron chi connectivity index (χ2n) is 4.39. The summed E-state index contributed by atoms with van der Waals surface area (Å²) in [7, 11) is 0. The second kappa shape index (κ2) is 8.26. The van der Waals surface area contributed by atoms with Gasteiger partial charge >= 0.3 is 0 Å². The Hall–Kier alpha value is -2.24. The van der Waals surface area contributed by atoms with Crippen LogP contribution in [0.2, 0.25) is 5.02 Å². The van der Waals surface area contributed by atoms with Crippen LogP contribution in [-0.2, 0) is 0 Å². The number of rotatable bonds is 3. The van der Waals surface area contributed by atoms with Gasteiger partial charge in [0.1, 0.15) is 6.04 Å². The van der Waals surface area contributed by atoms with E-state index < -0.39 is 0 Å². The monoisotopic (exact) mass is 337 g/mol. The molecule has 6 N–H and O–H groups in total. The molecule has 0 aliphatic rings. The average molecular weight is 338 g/mol. The average Bonchev–Trinajstić information content (AvgIpc) is 2.46. The van der Waals surface area contributed by atoms with E-state index in [0.29, 0.717) is 5.02 Å². The first-order valence-corrected chi connectivity index (χ1v) is 6.67. The molecule has 22 heavy (non-hydrogen) atoms. The highest BCUT2D eigenvalue weighted by molar-refractivity contribution is 6.30. The van der Waals surface area contributed by atoms with E-state index in [-0.39, 0.29) is 30.4 Å². The Labute approximate surface area is 140 Å². The van der Waals surface area contributed by atoms with Crippen LogP contribution in [0.3, 0.4) is 0 Å². The van der Waals surface area contributed by atoms with Crippen molar-refractivity contribution in [3.63, 3.8) is 0 Å². The summed E-state index contributed by atoms with van der Waals surface area (Å²) in [5.74, 6) is -0.0991. The fraction of sp³-hybridized carbons (Fsp3) is 0.0667. The third-order valence-corrected chi connectivity index (χ3v) is 3.06. The summed E-state index contributed by atoms with van der Waals surface area (Å²) in [6.07, 6.45) is 0. The summed E-state index contributed by atoms with van der Waals surface area (Å²) < 4.78 is 0. The summed E-state index contributed by atoms with van der Waals surface area (Å²) in [5, 5.41) is 0.659. The maximum Gasteiger partial charge on any atom is 0.219 e. The molecule has 0 saturated carbocycles. The molecular weight excluding hydrogens is 321 g/mol. The summed E-state index contributed by atoms with van der Waals surface area (Å²) in [6, 6.07) is 16.8. The van der Waals surface area contributed by atoms with Crippen LogP contribution in [0.4, 0.5) is 0 Å². The van der Waals surface area contributed by atoms with Crippen molar-refractivity contribution in [1.82, 2.24) is 0 Å². The van der Waals surface area contributed by atoms with Crippen LogP contribution < -0.4 is 17.2 Å². The maximum atomic E-state index is 5.92. The molecule has 0 aliphatic heterocycles. The van der Waals surface area contributed by atoms with Crippen LogP contribution in [0.1, 0.15) is 17.2 Å². The minimum Gasteiger partial charge on any atom is -0.370 e. The molecular formula is C15H17Cl2N5. The molecule has 0 saturated heterocycles. The lowest BCUT2D eigenvalue weighted by molar-refractivity contribution is 0.867. The lowest BCUT2D eigenvalue weighted by atomic mass is 9.99. The van der Waals surface area contributed by atoms with Crippen LogP contribution >= 0.6 is 24.0 Å². The van der Waals surface area contributed by atoms with E-state index in [1.165, 1.54) is 0 Å². The van der Waals surface area contributed by atoms with Gasteiger partial charge in [0.15, 0.2) is 5.96 Å². The number of aliphatic imine (C=N–C) groups is 2. The van der Waals surface area contributed by atoms with Gasteiger partial charge in [0.2, 0.25) is 5.96 Å². The lowest BCUT2D eigenvalue weighted by Crippen LogP contribution is -2.26. The Morgan fingerprint density at radius 1 is 0.864 bits per heavy atom. The van der Waals surface area contributed by atoms with Crippen LogP contribution in [0.25, 0.3) is 0 Å². The molecule has 0 heterocycles. The van der Waals surface area contributed by atoms with E-state index in [2.05, 4.69) is 9.98 Å². The van der Waals surface area contributed by atoms with Crippen molar-refractivity contribution in [3.8, 4) is 0 Å². The molecule has 2 aromatic rings. The Morgan fingerprint density at radius 3 is 1.95 bits per heavy atom. The maximum absolute atomic E-state index is 5.92. The van der Waals surface area contributed by atoms with Gasteiger partial charge < -0.3 is 17.2 Å². The van der Waals surface area contributed by atoms with E-state index in [1.807, 2.05) is 42.5 Å². The first-order chi connectivity index (χ1) is 10.1. The fourth-order valence-electron chi connectivity index (χ4n) is 1.92. The van der Waals surface area contributed by atoms with Crippen molar-refractivity contribution in [2.24, 2.45) is 27.2 Å². The molecule has 2 rings (SSSR count). The summed E-state index contributed by atoms with van der Waals surface area (Å²) in [5.41, 5.74) is 18.3. The molecule has 5 nitrogen and oxygen atoms in total. The summed E-state index contributed by atoms with van der Waals surface area (Å²) in [4.78, 5) is 8.15. The van der Waals surface area contributed by atoms with E-state index >= 15 is 0 Å². The molecule has 0 bridgehead atoms. The molecule has 0 aliphatic carbocycles. The minimum absolute atomic E-state index is 0. The number of halogens is 2. The number of hydrogen-bond donors (Lipinski definition) is 3. The van der Waals surface area contributed by atoms with Gasteiger partial charge in [-0.05, 0) is 23.3 Å². The molecule has 0 fully saturated rings. The number of guanidine groups is 2. The SMILES string of the molecule is Cl.NC(N)=NC(N)=NC(c1ccccc1)c1ccc(Cl)cc1. The lowest BCUT2D eigenvalue weighted by Gasteiger charge is -2.14. The minimum atomic E-state index is -0.299. The Bertz CT molecular complexity index is 649. The zero-order valence-corrected chi connectivity index (χ0v) is 13.3. The van der Waals surface area contributed by atoms with Gasteiger partial charge in [-0.15, -0.1) is 12.4 Å². The van der Waals surface area contributed by atoms with Crippen molar-refractivity contribution in [3.05, 3.63) is 70.7 Å². The number of hydrogen-bond acceptors (Lipinski definition) is 1. The topological polar surface area (TPSA) is 103 Å². The third-order valence-electron chi connectivity index (χ3n) is 2.81. The van der Waals surface area contributed by atoms with E-state index in [0.717, 1.165) is 11.1 Å². The fourth-order valence-corrected chi connectivity index (χ4v) is 2.04. The number of nitrogens with zero attached hydrogens (tertiary/aromatic N) is 2. The first-order valence-electron chi connectivity index (χ1n) is 6.29. The molecule has 0 radical (unpaired) electrons. The predicted molar refractivity (Wildman–Crippen MR) is 94.4 cm³/mol. The van der Waals surface area contributed by atoms with Gasteiger partial charge in [-0.1, -0.05) is 54.1 Å². The normalized spacial score (nSPS) is 12.1. The molecule has 2 aromatic carbocycles. The van der Waals surface area contributed by atoms with Crippen LogP contribution in [0, 0.1) is 0 Å². The molecule has 0 aromatic heterocycles.